The number of allylic oxidation sites excluding steroid dienone is 4. The van der Waals surface area contributed by atoms with Crippen LogP contribution in [0.1, 0.15) is 44.9 Å². The van der Waals surface area contributed by atoms with E-state index in [2.05, 4.69) is 24.3 Å². The summed E-state index contributed by atoms with van der Waals surface area (Å²) in [5.41, 5.74) is 0. The van der Waals surface area contributed by atoms with Crippen molar-refractivity contribution in [2.45, 2.75) is 44.9 Å². The lowest BCUT2D eigenvalue weighted by atomic mass is 10.1. The Labute approximate surface area is 80.5 Å². The molecule has 0 saturated carbocycles. The highest BCUT2D eigenvalue weighted by Gasteiger charge is 1.99. The predicted octanol–water partition coefficient (Wildman–Crippen LogP) is 3.41. The van der Waals surface area contributed by atoms with Gasteiger partial charge in [-0.1, -0.05) is 24.3 Å². The molecule has 0 amide bonds. The van der Waals surface area contributed by atoms with Crippen LogP contribution in [0.25, 0.3) is 0 Å². The number of rotatable bonds is 0. The third-order valence-corrected chi connectivity index (χ3v) is 2.25. The van der Waals surface area contributed by atoms with Gasteiger partial charge in [-0.25, -0.2) is 0 Å². The zero-order valence-corrected chi connectivity index (χ0v) is 8.17. The van der Waals surface area contributed by atoms with Crippen LogP contribution in [0.5, 0.6) is 0 Å². The van der Waals surface area contributed by atoms with E-state index in [1.807, 2.05) is 0 Å². The second-order valence-corrected chi connectivity index (χ2v) is 3.49. The van der Waals surface area contributed by atoms with Crippen molar-refractivity contribution in [3.05, 3.63) is 24.3 Å². The van der Waals surface area contributed by atoms with Gasteiger partial charge in [0.2, 0.25) is 0 Å². The molecular formula is C12H18O. The Morgan fingerprint density at radius 3 is 2.15 bits per heavy atom. The summed E-state index contributed by atoms with van der Waals surface area (Å²) >= 11 is 0. The molecule has 0 bridgehead atoms. The second kappa shape index (κ2) is 6.64. The lowest BCUT2D eigenvalue weighted by Crippen LogP contribution is -1.96. The quantitative estimate of drug-likeness (QED) is 0.519. The predicted molar refractivity (Wildman–Crippen MR) is 55.6 cm³/mol. The van der Waals surface area contributed by atoms with Crippen molar-refractivity contribution in [2.75, 3.05) is 0 Å². The minimum Gasteiger partial charge on any atom is -0.300 e. The van der Waals surface area contributed by atoms with Gasteiger partial charge in [0.1, 0.15) is 5.78 Å². The first-order valence-corrected chi connectivity index (χ1v) is 5.21. The van der Waals surface area contributed by atoms with E-state index in [1.54, 1.807) is 0 Å². The molecule has 0 atom stereocenters. The third kappa shape index (κ3) is 5.40. The summed E-state index contributed by atoms with van der Waals surface area (Å²) in [4.78, 5) is 11.2. The van der Waals surface area contributed by atoms with Gasteiger partial charge in [0, 0.05) is 12.8 Å². The molecule has 0 heterocycles. The van der Waals surface area contributed by atoms with Gasteiger partial charge in [0.15, 0.2) is 0 Å². The molecule has 1 aliphatic rings. The first-order valence-electron chi connectivity index (χ1n) is 5.21. The number of hydrogen-bond acceptors (Lipinski definition) is 1. The van der Waals surface area contributed by atoms with Crippen LogP contribution >= 0.6 is 0 Å². The van der Waals surface area contributed by atoms with Crippen LogP contribution < -0.4 is 0 Å². The van der Waals surface area contributed by atoms with Crippen LogP contribution in [0.2, 0.25) is 0 Å². The van der Waals surface area contributed by atoms with Crippen molar-refractivity contribution in [1.29, 1.82) is 0 Å². The Hall–Kier alpha value is -0.850. The molecule has 0 aromatic carbocycles. The molecule has 1 aliphatic carbocycles. The maximum atomic E-state index is 11.2. The van der Waals surface area contributed by atoms with Crippen molar-refractivity contribution in [3.8, 4) is 0 Å². The first-order chi connectivity index (χ1) is 6.39. The fraction of sp³-hybridized carbons (Fsp3) is 0.583. The van der Waals surface area contributed by atoms with Crippen LogP contribution in [-0.2, 0) is 4.79 Å². The first kappa shape index (κ1) is 10.2. The van der Waals surface area contributed by atoms with Crippen LogP contribution in [0.15, 0.2) is 24.3 Å². The van der Waals surface area contributed by atoms with Gasteiger partial charge < -0.3 is 0 Å². The van der Waals surface area contributed by atoms with Crippen molar-refractivity contribution in [3.63, 3.8) is 0 Å². The zero-order chi connectivity index (χ0) is 9.36. The highest BCUT2D eigenvalue weighted by Crippen LogP contribution is 2.06. The van der Waals surface area contributed by atoms with Crippen molar-refractivity contribution in [2.24, 2.45) is 0 Å². The number of ketones is 1. The number of carbonyl (C=O) groups is 1. The maximum Gasteiger partial charge on any atom is 0.133 e. The molecule has 1 nitrogen and oxygen atoms in total. The van der Waals surface area contributed by atoms with Crippen molar-refractivity contribution < 1.29 is 4.79 Å². The molecule has 72 valence electrons. The van der Waals surface area contributed by atoms with Crippen LogP contribution in [0.4, 0.5) is 0 Å². The molecule has 13 heavy (non-hydrogen) atoms. The number of Topliss-reactive ketones (excluding diaryl/α,β-unsaturated/α-hetero) is 1. The molecule has 0 unspecified atom stereocenters. The van der Waals surface area contributed by atoms with E-state index >= 15 is 0 Å². The molecule has 0 aromatic heterocycles. The highest BCUT2D eigenvalue weighted by atomic mass is 16.1. The van der Waals surface area contributed by atoms with Gasteiger partial charge in [0.25, 0.3) is 0 Å². The fourth-order valence-corrected chi connectivity index (χ4v) is 1.45. The molecule has 0 spiro atoms. The summed E-state index contributed by atoms with van der Waals surface area (Å²) in [5.74, 6) is 0.415. The normalized spacial score (nSPS) is 25.7. The van der Waals surface area contributed by atoms with E-state index in [9.17, 15) is 4.79 Å². The smallest absolute Gasteiger partial charge is 0.133 e. The molecule has 0 radical (unpaired) electrons. The SMILES string of the molecule is O=C1CC/C=C\CC/C=C/CCC1. The molecule has 0 aliphatic heterocycles. The Morgan fingerprint density at radius 2 is 1.38 bits per heavy atom. The van der Waals surface area contributed by atoms with Gasteiger partial charge in [-0.3, -0.25) is 4.79 Å². The van der Waals surface area contributed by atoms with Crippen LogP contribution in [0, 0.1) is 0 Å². The Kier molecular flexibility index (Phi) is 5.23. The Bertz CT molecular complexity index is 201. The Morgan fingerprint density at radius 1 is 0.769 bits per heavy atom. The summed E-state index contributed by atoms with van der Waals surface area (Å²) in [6.07, 6.45) is 15.5. The molecule has 1 rings (SSSR count). The summed E-state index contributed by atoms with van der Waals surface area (Å²) < 4.78 is 0. The summed E-state index contributed by atoms with van der Waals surface area (Å²) in [5, 5.41) is 0. The van der Waals surface area contributed by atoms with Gasteiger partial charge in [0.05, 0.1) is 0 Å². The van der Waals surface area contributed by atoms with E-state index in [-0.39, 0.29) is 0 Å². The average molecular weight is 178 g/mol. The Balaban J connectivity index is 2.33. The maximum absolute atomic E-state index is 11.2. The van der Waals surface area contributed by atoms with E-state index in [0.29, 0.717) is 5.78 Å². The largest absolute Gasteiger partial charge is 0.300 e. The lowest BCUT2D eigenvalue weighted by Gasteiger charge is -1.98. The van der Waals surface area contributed by atoms with Gasteiger partial charge in [-0.2, -0.15) is 0 Å². The third-order valence-electron chi connectivity index (χ3n) is 2.25. The molecule has 0 N–H and O–H groups in total. The molecule has 1 heteroatoms. The molecule has 0 aromatic rings. The molecule has 0 saturated heterocycles. The average Bonchev–Trinajstić information content (AvgIpc) is 2.11. The topological polar surface area (TPSA) is 17.1 Å². The minimum absolute atomic E-state index is 0.415. The summed E-state index contributed by atoms with van der Waals surface area (Å²) in [6.45, 7) is 0. The standard InChI is InChI=1S/C12H18O/c13-12-10-8-6-4-2-1-3-5-7-9-11-12/h2,4-5,7H,1,3,6,8-11H2/b4-2+,7-5-. The van der Waals surface area contributed by atoms with Crippen molar-refractivity contribution >= 4 is 5.78 Å². The fourth-order valence-electron chi connectivity index (χ4n) is 1.45. The van der Waals surface area contributed by atoms with Gasteiger partial charge in [-0.05, 0) is 32.1 Å². The molecular weight excluding hydrogens is 160 g/mol. The second-order valence-electron chi connectivity index (χ2n) is 3.49. The van der Waals surface area contributed by atoms with E-state index in [1.165, 1.54) is 0 Å². The van der Waals surface area contributed by atoms with Gasteiger partial charge in [-0.15, -0.1) is 0 Å². The summed E-state index contributed by atoms with van der Waals surface area (Å²) in [6, 6.07) is 0. The monoisotopic (exact) mass is 178 g/mol. The van der Waals surface area contributed by atoms with E-state index in [4.69, 9.17) is 0 Å². The summed E-state index contributed by atoms with van der Waals surface area (Å²) in [7, 11) is 0. The highest BCUT2D eigenvalue weighted by molar-refractivity contribution is 5.78. The number of carbonyl (C=O) groups excluding carboxylic acids is 1. The van der Waals surface area contributed by atoms with Crippen LogP contribution in [-0.4, -0.2) is 5.78 Å². The minimum atomic E-state index is 0.415. The lowest BCUT2D eigenvalue weighted by molar-refractivity contribution is -0.119. The van der Waals surface area contributed by atoms with Crippen LogP contribution in [0.3, 0.4) is 0 Å². The van der Waals surface area contributed by atoms with E-state index in [0.717, 1.165) is 44.9 Å². The zero-order valence-electron chi connectivity index (χ0n) is 8.17. The van der Waals surface area contributed by atoms with Crippen molar-refractivity contribution in [1.82, 2.24) is 0 Å². The van der Waals surface area contributed by atoms with Gasteiger partial charge >= 0.3 is 0 Å². The molecule has 0 fully saturated rings. The van der Waals surface area contributed by atoms with E-state index < -0.39 is 0 Å². The number of hydrogen-bond donors (Lipinski definition) is 0.